The molecule has 2 rings (SSSR count). The van der Waals surface area contributed by atoms with Gasteiger partial charge in [0.25, 0.3) is 0 Å². The Kier molecular flexibility index (Phi) is 91.4. The van der Waals surface area contributed by atoms with Crippen molar-refractivity contribution >= 4 is 53.7 Å². The molecule has 0 aromatic heterocycles. The Balaban J connectivity index is -0.0000000365. The number of carbonyl (C=O) groups excluding carboxylic acids is 5. The van der Waals surface area contributed by atoms with Gasteiger partial charge in [0.1, 0.15) is 0 Å². The molecule has 2 heterocycles. The van der Waals surface area contributed by atoms with Crippen molar-refractivity contribution < 1.29 is 58.2 Å². The van der Waals surface area contributed by atoms with Gasteiger partial charge in [0.15, 0.2) is 18.3 Å². The Morgan fingerprint density at radius 2 is 1.27 bits per heavy atom. The van der Waals surface area contributed by atoms with Crippen LogP contribution in [0.5, 0.6) is 0 Å². The SMILES string of the molecule is C.C.C.C.C.C.C.C.C.CC1OC(=O)C(C)OC1=O.CNCCCC(=O)OC(C)C(=O)OCCCO.O=C1CCCN1.OCCCO.[Sn+2]. The number of nitrogens with one attached hydrogen (secondary N) is 2. The molecule has 296 valence electrons. The van der Waals surface area contributed by atoms with Crippen molar-refractivity contribution in [3.8, 4) is 0 Å². The van der Waals surface area contributed by atoms with Crippen LogP contribution in [0.4, 0.5) is 0 Å². The molecule has 3 atom stereocenters. The molecule has 0 bridgehead atoms. The van der Waals surface area contributed by atoms with Crippen LogP contribution < -0.4 is 10.6 Å². The molecule has 2 aliphatic rings. The molecule has 15 heteroatoms. The van der Waals surface area contributed by atoms with Crippen LogP contribution in [0.1, 0.15) is 126 Å². The summed E-state index contributed by atoms with van der Waals surface area (Å²) in [6.07, 6.45) is 1.20. The van der Waals surface area contributed by atoms with Crippen LogP contribution in [-0.4, -0.2) is 134 Å². The van der Waals surface area contributed by atoms with E-state index in [1.165, 1.54) is 20.8 Å². The van der Waals surface area contributed by atoms with Crippen molar-refractivity contribution in [3.63, 3.8) is 0 Å². The second-order valence-electron chi connectivity index (χ2n) is 8.00. The molecule has 2 radical (unpaired) electrons. The minimum Gasteiger partial charge on any atom is -0.463 e. The average molecular weight is 816 g/mol. The fourth-order valence-electron chi connectivity index (χ4n) is 2.34. The molecule has 2 fully saturated rings. The molecule has 48 heavy (non-hydrogen) atoms. The van der Waals surface area contributed by atoms with Crippen LogP contribution in [0.15, 0.2) is 0 Å². The van der Waals surface area contributed by atoms with Gasteiger partial charge in [0.05, 0.1) is 6.61 Å². The zero-order valence-electron chi connectivity index (χ0n) is 23.2. The van der Waals surface area contributed by atoms with Crippen molar-refractivity contribution in [1.82, 2.24) is 10.6 Å². The standard InChI is InChI=1S/C11H21NO5.C6H8O4.C4H7NO.C3H8O2.9CH4.Sn/c1-9(11(15)16-8-4-7-13)17-10(14)5-3-6-12-2;1-3-5(7)10-4(2)6(8)9-3;6-4-2-1-3-5-4;4-2-1-3-5;;;;;;;;;;/h9,12-13H,3-8H2,1-2H3;3-4H,1-2H3;1-3H2,(H,5,6);4-5H,1-3H2;9*1H4;/q;;;;;;;;;;;;;+2. The summed E-state index contributed by atoms with van der Waals surface area (Å²) in [5.41, 5.74) is 0. The molecule has 3 unspecified atom stereocenters. The van der Waals surface area contributed by atoms with Gasteiger partial charge in [-0.2, -0.15) is 0 Å². The summed E-state index contributed by atoms with van der Waals surface area (Å²) in [7, 11) is 1.80. The first-order valence-corrected chi connectivity index (χ1v) is 12.5. The van der Waals surface area contributed by atoms with Crippen LogP contribution in [0.25, 0.3) is 0 Å². The first-order valence-electron chi connectivity index (χ1n) is 12.5. The van der Waals surface area contributed by atoms with E-state index in [0.29, 0.717) is 19.3 Å². The Labute approximate surface area is 312 Å². The quantitative estimate of drug-likeness (QED) is 0.0855. The fourth-order valence-corrected chi connectivity index (χ4v) is 2.34. The molecule has 2 saturated heterocycles. The second kappa shape index (κ2) is 54.4. The maximum absolute atomic E-state index is 11.3. The fraction of sp³-hybridized carbons (Fsp3) is 0.848. The third kappa shape index (κ3) is 48.4. The van der Waals surface area contributed by atoms with E-state index in [9.17, 15) is 24.0 Å². The second-order valence-corrected chi connectivity index (χ2v) is 8.00. The molecule has 0 aromatic carbocycles. The summed E-state index contributed by atoms with van der Waals surface area (Å²) in [5, 5.41) is 29.9. The normalized spacial score (nSPS) is 14.6. The molecule has 2 aliphatic heterocycles. The van der Waals surface area contributed by atoms with Gasteiger partial charge >= 0.3 is 47.8 Å². The van der Waals surface area contributed by atoms with Gasteiger partial charge in [0, 0.05) is 45.6 Å². The van der Waals surface area contributed by atoms with E-state index < -0.39 is 42.2 Å². The van der Waals surface area contributed by atoms with Gasteiger partial charge in [-0.3, -0.25) is 9.59 Å². The molecule has 1 amide bonds. The van der Waals surface area contributed by atoms with Crippen LogP contribution in [-0.2, 0) is 42.9 Å². The van der Waals surface area contributed by atoms with Gasteiger partial charge in [-0.1, -0.05) is 66.8 Å². The predicted molar refractivity (Wildman–Crippen MR) is 200 cm³/mol. The number of ether oxygens (including phenoxy) is 4. The van der Waals surface area contributed by atoms with Crippen molar-refractivity contribution in [3.05, 3.63) is 0 Å². The third-order valence-corrected chi connectivity index (χ3v) is 4.46. The first-order chi connectivity index (χ1) is 18.0. The van der Waals surface area contributed by atoms with Crippen LogP contribution in [0, 0.1) is 0 Å². The van der Waals surface area contributed by atoms with Crippen molar-refractivity contribution in [2.24, 2.45) is 0 Å². The molecule has 14 nitrogen and oxygen atoms in total. The van der Waals surface area contributed by atoms with Crippen molar-refractivity contribution in [1.29, 1.82) is 0 Å². The van der Waals surface area contributed by atoms with Gasteiger partial charge in [-0.15, -0.1) is 0 Å². The number of hydrogen-bond donors (Lipinski definition) is 5. The monoisotopic (exact) mass is 816 g/mol. The molecular formula is C33H80N2O12Sn+2. The summed E-state index contributed by atoms with van der Waals surface area (Å²) in [4.78, 5) is 54.0. The van der Waals surface area contributed by atoms with E-state index in [1.54, 1.807) is 7.05 Å². The Morgan fingerprint density at radius 3 is 1.56 bits per heavy atom. The van der Waals surface area contributed by atoms with Gasteiger partial charge in [-0.25, -0.2) is 14.4 Å². The van der Waals surface area contributed by atoms with Crippen LogP contribution in [0.2, 0.25) is 0 Å². The number of cyclic esters (lactones) is 2. The van der Waals surface area contributed by atoms with E-state index in [0.717, 1.165) is 25.9 Å². The third-order valence-electron chi connectivity index (χ3n) is 4.46. The number of hydrogen-bond acceptors (Lipinski definition) is 13. The summed E-state index contributed by atoms with van der Waals surface area (Å²) in [6.45, 7) is 6.33. The molecule has 0 aromatic rings. The minimum absolute atomic E-state index is 0. The van der Waals surface area contributed by atoms with E-state index in [2.05, 4.69) is 20.1 Å². The van der Waals surface area contributed by atoms with Crippen LogP contribution in [0.3, 0.4) is 0 Å². The summed E-state index contributed by atoms with van der Waals surface area (Å²) in [6, 6.07) is 0. The number of carbonyl (C=O) groups is 5. The zero-order chi connectivity index (χ0) is 29.3. The molecule has 0 saturated carbocycles. The number of aliphatic hydroxyl groups excluding tert-OH is 3. The number of aliphatic hydroxyl groups is 3. The molecule has 0 spiro atoms. The van der Waals surface area contributed by atoms with E-state index in [-0.39, 0.29) is 130 Å². The van der Waals surface area contributed by atoms with Crippen molar-refractivity contribution in [2.75, 3.05) is 46.6 Å². The number of esters is 4. The van der Waals surface area contributed by atoms with E-state index in [1.807, 2.05) is 0 Å². The van der Waals surface area contributed by atoms with Gasteiger partial charge in [-0.05, 0) is 53.6 Å². The van der Waals surface area contributed by atoms with Gasteiger partial charge < -0.3 is 44.9 Å². The Morgan fingerprint density at radius 1 is 0.833 bits per heavy atom. The summed E-state index contributed by atoms with van der Waals surface area (Å²) < 4.78 is 18.9. The van der Waals surface area contributed by atoms with Crippen molar-refractivity contribution in [2.45, 2.75) is 144 Å². The average Bonchev–Trinajstić information content (AvgIpc) is 3.35. The maximum Gasteiger partial charge on any atom is 2.00 e. The van der Waals surface area contributed by atoms with E-state index >= 15 is 0 Å². The number of amides is 1. The van der Waals surface area contributed by atoms with E-state index in [4.69, 9.17) is 24.8 Å². The smallest absolute Gasteiger partial charge is 0.463 e. The Hall–Kier alpha value is -2.01. The zero-order valence-corrected chi connectivity index (χ0v) is 26.1. The first kappa shape index (κ1) is 80.6. The number of rotatable bonds is 11. The maximum atomic E-state index is 11.3. The largest absolute Gasteiger partial charge is 2.00 e. The predicted octanol–water partition coefficient (Wildman–Crippen LogP) is 4.31. The minimum atomic E-state index is -0.893. The molecule has 5 N–H and O–H groups in total. The molecular weight excluding hydrogens is 735 g/mol. The van der Waals surface area contributed by atoms with Crippen LogP contribution >= 0.6 is 0 Å². The molecule has 0 aliphatic carbocycles. The summed E-state index contributed by atoms with van der Waals surface area (Å²) >= 11 is 0. The Bertz CT molecular complexity index is 672. The topological polar surface area (TPSA) is 207 Å². The summed E-state index contributed by atoms with van der Waals surface area (Å²) in [5.74, 6) is -1.75. The van der Waals surface area contributed by atoms with Gasteiger partial charge in [0.2, 0.25) is 5.91 Å².